The van der Waals surface area contributed by atoms with Gasteiger partial charge in [-0.05, 0) is 108 Å². The number of rotatable bonds is 14. The highest BCUT2D eigenvalue weighted by molar-refractivity contribution is 6.31. The van der Waals surface area contributed by atoms with Crippen molar-refractivity contribution < 1.29 is 52.2 Å². The number of esters is 2. The molecule has 1 saturated carbocycles. The van der Waals surface area contributed by atoms with Gasteiger partial charge in [-0.25, -0.2) is 9.29 Å². The summed E-state index contributed by atoms with van der Waals surface area (Å²) in [6, 6.07) is 11.6. The summed E-state index contributed by atoms with van der Waals surface area (Å²) in [6.07, 6.45) is 3.88. The number of imide groups is 2. The Labute approximate surface area is 415 Å². The fraction of sp³-hybridized carbons (Fsp3) is 0.520. The number of nitrogens with zero attached hydrogens (tertiary/aromatic N) is 8. The number of hydrogen-bond acceptors (Lipinski definition) is 16. The Kier molecular flexibility index (Phi) is 15.5. The second-order valence-corrected chi connectivity index (χ2v) is 20.0. The van der Waals surface area contributed by atoms with Gasteiger partial charge < -0.3 is 29.3 Å². The molecule has 1 N–H and O–H groups in total. The number of likely N-dealkylation sites (tertiary alicyclic amines) is 1. The molecule has 376 valence electrons. The maximum Gasteiger partial charge on any atom is 0.308 e. The van der Waals surface area contributed by atoms with Gasteiger partial charge in [-0.2, -0.15) is 5.26 Å². The van der Waals surface area contributed by atoms with Crippen LogP contribution in [0.3, 0.4) is 0 Å². The predicted octanol–water partition coefficient (Wildman–Crippen LogP) is 5.04. The van der Waals surface area contributed by atoms with Crippen LogP contribution in [0.1, 0.15) is 122 Å². The molecule has 0 radical (unpaired) electrons. The Hall–Kier alpha value is -6.72. The number of amides is 5. The van der Waals surface area contributed by atoms with Crippen LogP contribution in [0.2, 0.25) is 5.02 Å². The smallest absolute Gasteiger partial charge is 0.308 e. The second kappa shape index (κ2) is 21.7. The third-order valence-corrected chi connectivity index (χ3v) is 13.8. The Morgan fingerprint density at radius 1 is 0.831 bits per heavy atom. The van der Waals surface area contributed by atoms with Crippen LogP contribution < -0.4 is 19.9 Å². The lowest BCUT2D eigenvalue weighted by Gasteiger charge is -2.39. The maximum atomic E-state index is 15.8. The summed E-state index contributed by atoms with van der Waals surface area (Å²) in [5.41, 5.74) is -0.134. The number of aromatic nitrogens is 2. The van der Waals surface area contributed by atoms with Crippen LogP contribution in [0.15, 0.2) is 42.5 Å². The predicted molar refractivity (Wildman–Crippen MR) is 254 cm³/mol. The zero-order valence-electron chi connectivity index (χ0n) is 40.0. The summed E-state index contributed by atoms with van der Waals surface area (Å²) in [4.78, 5) is 98.9. The minimum Gasteiger partial charge on any atom is -0.490 e. The number of nitriles is 1. The highest BCUT2D eigenvalue weighted by Gasteiger charge is 2.48. The molecule has 1 aliphatic carbocycles. The van der Waals surface area contributed by atoms with Crippen LogP contribution in [0, 0.1) is 23.1 Å². The number of hydrogen-bond donors (Lipinski definition) is 1. The van der Waals surface area contributed by atoms with Gasteiger partial charge in [-0.1, -0.05) is 11.6 Å². The monoisotopic (exact) mass is 997 g/mol. The standard InChI is InChI=1S/C50H57ClFN9O10/c1-50(2,3)71-45(64)15-14-44(63)69-29-60-43(62)13-11-40(49(60)68)61-47(66)35-25-38(52)41(26-36(35)48(61)67)58-22-20-57(21-23-58)28-30-16-18-59(19-17-30)42-12-10-39(55-56-42)46(65)54-32-5-8-33(9-6-32)70-34-7-4-31(27-53)37(51)24-34/h4,7,10,12,24-26,30,32-33,40H,5-6,8-9,11,13-23,28-29H2,1-3H3,(H,54,65). The average molecular weight is 999 g/mol. The quantitative estimate of drug-likeness (QED) is 0.165. The molecule has 2 aromatic carbocycles. The molecule has 5 amide bonds. The van der Waals surface area contributed by atoms with Gasteiger partial charge in [0.25, 0.3) is 23.6 Å². The fourth-order valence-corrected chi connectivity index (χ4v) is 9.94. The minimum atomic E-state index is -1.37. The Bertz CT molecular complexity index is 2600. The van der Waals surface area contributed by atoms with Crippen molar-refractivity contribution in [1.29, 1.82) is 5.26 Å². The molecule has 5 aliphatic rings. The molecular weight excluding hydrogens is 941 g/mol. The van der Waals surface area contributed by atoms with E-state index in [1.165, 1.54) is 6.07 Å². The van der Waals surface area contributed by atoms with Gasteiger partial charge in [0.2, 0.25) is 5.91 Å². The van der Waals surface area contributed by atoms with Crippen LogP contribution in [0.4, 0.5) is 15.9 Å². The van der Waals surface area contributed by atoms with Gasteiger partial charge in [0.1, 0.15) is 29.3 Å². The van der Waals surface area contributed by atoms with Gasteiger partial charge in [-0.3, -0.25) is 43.4 Å². The molecule has 4 fully saturated rings. The number of piperazine rings is 1. The van der Waals surface area contributed by atoms with Gasteiger partial charge >= 0.3 is 11.9 Å². The van der Waals surface area contributed by atoms with E-state index in [1.54, 1.807) is 45.0 Å². The van der Waals surface area contributed by atoms with E-state index in [9.17, 15) is 33.6 Å². The summed E-state index contributed by atoms with van der Waals surface area (Å²) in [7, 11) is 0. The van der Waals surface area contributed by atoms with Crippen molar-refractivity contribution in [2.45, 2.75) is 109 Å². The molecule has 19 nitrogen and oxygen atoms in total. The van der Waals surface area contributed by atoms with Crippen molar-refractivity contribution >= 4 is 64.6 Å². The van der Waals surface area contributed by atoms with E-state index in [2.05, 4.69) is 25.3 Å². The zero-order chi connectivity index (χ0) is 50.6. The SMILES string of the molecule is CC(C)(C)OC(=O)CCC(=O)OCN1C(=O)CCC(N2C(=O)c3cc(F)c(N4CCN(CC5CCN(c6ccc(C(=O)NC7CCC(Oc8ccc(C#N)c(Cl)c8)CC7)nn6)CC5)CC4)cc3C2=O)C1=O. The molecule has 3 saturated heterocycles. The van der Waals surface area contributed by atoms with E-state index in [4.69, 9.17) is 31.1 Å². The van der Waals surface area contributed by atoms with E-state index >= 15 is 4.39 Å². The molecular formula is C50H57ClFN9O10. The second-order valence-electron chi connectivity index (χ2n) is 19.6. The molecule has 1 atom stereocenters. The van der Waals surface area contributed by atoms with E-state index in [0.29, 0.717) is 59.2 Å². The van der Waals surface area contributed by atoms with Crippen LogP contribution in [-0.2, 0) is 28.7 Å². The lowest BCUT2D eigenvalue weighted by atomic mass is 9.93. The summed E-state index contributed by atoms with van der Waals surface area (Å²) in [6.45, 7) is 8.97. The highest BCUT2D eigenvalue weighted by Crippen LogP contribution is 2.35. The Balaban J connectivity index is 0.761. The van der Waals surface area contributed by atoms with Crippen molar-refractivity contribution in [3.05, 3.63) is 75.7 Å². The Morgan fingerprint density at radius 3 is 2.17 bits per heavy atom. The lowest BCUT2D eigenvalue weighted by molar-refractivity contribution is -0.166. The van der Waals surface area contributed by atoms with Crippen molar-refractivity contribution in [3.8, 4) is 11.8 Å². The van der Waals surface area contributed by atoms with Crippen LogP contribution in [0.25, 0.3) is 0 Å². The third kappa shape index (κ3) is 12.1. The minimum absolute atomic E-state index is 0.00881. The van der Waals surface area contributed by atoms with E-state index < -0.39 is 59.8 Å². The molecule has 5 heterocycles. The van der Waals surface area contributed by atoms with E-state index in [-0.39, 0.29) is 66.2 Å². The first kappa shape index (κ1) is 50.7. The summed E-state index contributed by atoms with van der Waals surface area (Å²) in [5, 5.41) is 21.2. The molecule has 21 heteroatoms. The number of carbonyl (C=O) groups excluding carboxylic acids is 7. The van der Waals surface area contributed by atoms with Gasteiger partial charge in [0, 0.05) is 64.3 Å². The number of benzene rings is 2. The molecule has 0 spiro atoms. The first-order valence-electron chi connectivity index (χ1n) is 24.1. The van der Waals surface area contributed by atoms with Crippen molar-refractivity contribution in [1.82, 2.24) is 30.2 Å². The highest BCUT2D eigenvalue weighted by atomic mass is 35.5. The van der Waals surface area contributed by atoms with Crippen LogP contribution in [-0.4, -0.2) is 143 Å². The normalized spacial score (nSPS) is 21.2. The number of carbonyl (C=O) groups is 7. The van der Waals surface area contributed by atoms with Crippen molar-refractivity contribution in [2.75, 3.05) is 62.3 Å². The van der Waals surface area contributed by atoms with Crippen LogP contribution >= 0.6 is 11.6 Å². The average Bonchev–Trinajstić information content (AvgIpc) is 3.58. The molecule has 0 bridgehead atoms. The number of nitrogens with one attached hydrogen (secondary N) is 1. The Morgan fingerprint density at radius 2 is 1.52 bits per heavy atom. The molecule has 4 aliphatic heterocycles. The summed E-state index contributed by atoms with van der Waals surface area (Å²) < 4.78 is 32.1. The molecule has 1 aromatic heterocycles. The number of halogens is 2. The maximum absolute atomic E-state index is 15.8. The molecule has 8 rings (SSSR count). The molecule has 1 unspecified atom stereocenters. The first-order chi connectivity index (χ1) is 33.9. The number of anilines is 2. The fourth-order valence-electron chi connectivity index (χ4n) is 9.73. The summed E-state index contributed by atoms with van der Waals surface area (Å²) >= 11 is 6.15. The van der Waals surface area contributed by atoms with Gasteiger partial charge in [-0.15, -0.1) is 10.2 Å². The molecule has 71 heavy (non-hydrogen) atoms. The largest absolute Gasteiger partial charge is 0.490 e. The van der Waals surface area contributed by atoms with Crippen molar-refractivity contribution in [3.63, 3.8) is 0 Å². The van der Waals surface area contributed by atoms with Gasteiger partial charge in [0.15, 0.2) is 18.2 Å². The zero-order valence-corrected chi connectivity index (χ0v) is 40.8. The number of ether oxygens (including phenoxy) is 3. The van der Waals surface area contributed by atoms with E-state index in [1.807, 2.05) is 17.0 Å². The third-order valence-electron chi connectivity index (χ3n) is 13.5. The topological polar surface area (TPSA) is 225 Å². The van der Waals surface area contributed by atoms with Crippen LogP contribution in [0.5, 0.6) is 5.75 Å². The number of fused-ring (bicyclic) bond motifs is 1. The van der Waals surface area contributed by atoms with E-state index in [0.717, 1.165) is 69.1 Å². The van der Waals surface area contributed by atoms with Gasteiger partial charge in [0.05, 0.1) is 46.3 Å². The molecule has 3 aromatic rings. The van der Waals surface area contributed by atoms with Crippen molar-refractivity contribution in [2.24, 2.45) is 5.92 Å². The lowest BCUT2D eigenvalue weighted by Crippen LogP contribution is -2.56. The number of piperidine rings is 2. The summed E-state index contributed by atoms with van der Waals surface area (Å²) in [5.74, 6) is -3.86. The first-order valence-corrected chi connectivity index (χ1v) is 24.5.